The number of morpholine rings is 1. The number of rotatable bonds is 5. The Labute approximate surface area is 228 Å². The maximum absolute atomic E-state index is 13.7. The summed E-state index contributed by atoms with van der Waals surface area (Å²) < 4.78 is 44.4. The molecule has 0 aliphatic carbocycles. The van der Waals surface area contributed by atoms with Gasteiger partial charge in [0.1, 0.15) is 6.04 Å². The summed E-state index contributed by atoms with van der Waals surface area (Å²) in [4.78, 5) is 47.0. The largest absolute Gasteiger partial charge is 0.493 e. The molecular weight excluding hydrogens is 541 g/mol. The fraction of sp³-hybridized carbons (Fsp3) is 0.423. The van der Waals surface area contributed by atoms with Gasteiger partial charge in [-0.25, -0.2) is 9.59 Å². The first-order valence-electron chi connectivity index (χ1n) is 12.4. The van der Waals surface area contributed by atoms with Crippen molar-refractivity contribution in [1.82, 2.24) is 15.1 Å². The van der Waals surface area contributed by atoms with Gasteiger partial charge in [-0.1, -0.05) is 41.9 Å². The second-order valence-corrected chi connectivity index (χ2v) is 9.58. The summed E-state index contributed by atoms with van der Waals surface area (Å²) in [5.74, 6) is -3.02. The summed E-state index contributed by atoms with van der Waals surface area (Å²) in [7, 11) is 0. The minimum atomic E-state index is -5.36. The number of carbonyl (C=O) groups is 3. The molecule has 13 heteroatoms. The van der Waals surface area contributed by atoms with Crippen LogP contribution in [0, 0.1) is 0 Å². The molecule has 2 aromatic rings. The van der Waals surface area contributed by atoms with Crippen molar-refractivity contribution in [2.24, 2.45) is 0 Å². The smallest absolute Gasteiger partial charge is 0.379 e. The highest BCUT2D eigenvalue weighted by Crippen LogP contribution is 2.26. The van der Waals surface area contributed by atoms with Gasteiger partial charge >= 0.3 is 18.2 Å². The number of urea groups is 1. The molecule has 4 rings (SSSR count). The molecule has 0 saturated carbocycles. The first-order chi connectivity index (χ1) is 18.6. The Hall–Kier alpha value is -3.35. The number of nitrogens with one attached hydrogen (secondary N) is 1. The van der Waals surface area contributed by atoms with Crippen molar-refractivity contribution in [2.75, 3.05) is 44.5 Å². The molecule has 1 unspecified atom stereocenters. The summed E-state index contributed by atoms with van der Waals surface area (Å²) in [6.07, 6.45) is -3.88. The maximum Gasteiger partial charge on any atom is 0.493 e. The Bertz CT molecular complexity index is 1140. The van der Waals surface area contributed by atoms with E-state index in [-0.39, 0.29) is 15.8 Å². The van der Waals surface area contributed by atoms with Gasteiger partial charge in [-0.3, -0.25) is 9.69 Å². The van der Waals surface area contributed by atoms with Gasteiger partial charge < -0.3 is 19.8 Å². The van der Waals surface area contributed by atoms with E-state index in [2.05, 4.69) is 15.1 Å². The van der Waals surface area contributed by atoms with Crippen molar-refractivity contribution >= 4 is 35.2 Å². The topological polar surface area (TPSA) is 91.4 Å². The number of hydrogen-bond acceptors (Lipinski definition) is 6. The van der Waals surface area contributed by atoms with Crippen molar-refractivity contribution < 1.29 is 37.1 Å². The van der Waals surface area contributed by atoms with Crippen LogP contribution in [0.1, 0.15) is 24.4 Å². The van der Waals surface area contributed by atoms with Crippen LogP contribution in [0.15, 0.2) is 54.6 Å². The van der Waals surface area contributed by atoms with E-state index in [1.807, 2.05) is 0 Å². The lowest BCUT2D eigenvalue weighted by atomic mass is 10.00. The SMILES string of the molecule is O=C(C(NC(=O)N(OC(=O)C(F)(F)F)c1ccc(Cl)cc1)c1ccccc1)N1CCC(N2CCOCC2)CC1. The van der Waals surface area contributed by atoms with Gasteiger partial charge in [0, 0.05) is 37.2 Å². The van der Waals surface area contributed by atoms with Crippen LogP contribution in [0.3, 0.4) is 0 Å². The summed E-state index contributed by atoms with van der Waals surface area (Å²) in [5.41, 5.74) is 0.226. The zero-order valence-electron chi connectivity index (χ0n) is 20.9. The van der Waals surface area contributed by atoms with E-state index < -0.39 is 30.1 Å². The van der Waals surface area contributed by atoms with Crippen LogP contribution in [0.4, 0.5) is 23.7 Å². The van der Waals surface area contributed by atoms with E-state index in [1.54, 1.807) is 35.2 Å². The number of nitrogens with zero attached hydrogens (tertiary/aromatic N) is 3. The van der Waals surface area contributed by atoms with Gasteiger partial charge in [0.15, 0.2) is 0 Å². The molecule has 39 heavy (non-hydrogen) atoms. The van der Waals surface area contributed by atoms with E-state index in [0.29, 0.717) is 37.9 Å². The average Bonchev–Trinajstić information content (AvgIpc) is 2.95. The number of hydroxylamine groups is 1. The summed E-state index contributed by atoms with van der Waals surface area (Å²) in [5, 5.41) is 2.88. The summed E-state index contributed by atoms with van der Waals surface area (Å²) >= 11 is 5.86. The molecule has 2 aliphatic heterocycles. The third-order valence-corrected chi connectivity index (χ3v) is 6.89. The van der Waals surface area contributed by atoms with E-state index >= 15 is 0 Å². The average molecular weight is 569 g/mol. The fourth-order valence-electron chi connectivity index (χ4n) is 4.61. The van der Waals surface area contributed by atoms with Crippen molar-refractivity contribution in [3.8, 4) is 0 Å². The van der Waals surface area contributed by atoms with Crippen molar-refractivity contribution in [3.63, 3.8) is 0 Å². The Balaban J connectivity index is 1.53. The number of hydrogen-bond donors (Lipinski definition) is 1. The Morgan fingerprint density at radius 1 is 0.974 bits per heavy atom. The third kappa shape index (κ3) is 7.40. The van der Waals surface area contributed by atoms with Crippen LogP contribution >= 0.6 is 11.6 Å². The van der Waals surface area contributed by atoms with Crippen LogP contribution in [0.5, 0.6) is 0 Å². The highest BCUT2D eigenvalue weighted by atomic mass is 35.5. The molecule has 2 aliphatic rings. The molecule has 0 spiro atoms. The van der Waals surface area contributed by atoms with Crippen LogP contribution in [0.2, 0.25) is 5.02 Å². The number of carbonyl (C=O) groups excluding carboxylic acids is 3. The number of anilines is 1. The lowest BCUT2D eigenvalue weighted by Gasteiger charge is -2.41. The predicted molar refractivity (Wildman–Crippen MR) is 136 cm³/mol. The minimum absolute atomic E-state index is 0.167. The molecule has 2 aromatic carbocycles. The molecule has 9 nitrogen and oxygen atoms in total. The zero-order chi connectivity index (χ0) is 28.0. The lowest BCUT2D eigenvalue weighted by molar-refractivity contribution is -0.199. The highest BCUT2D eigenvalue weighted by Gasteiger charge is 2.44. The van der Waals surface area contributed by atoms with Crippen molar-refractivity contribution in [2.45, 2.75) is 31.1 Å². The van der Waals surface area contributed by atoms with Crippen LogP contribution < -0.4 is 10.4 Å². The predicted octanol–water partition coefficient (Wildman–Crippen LogP) is 3.94. The van der Waals surface area contributed by atoms with Gasteiger partial charge in [-0.05, 0) is 42.7 Å². The molecule has 0 aromatic heterocycles. The minimum Gasteiger partial charge on any atom is -0.379 e. The molecule has 1 N–H and O–H groups in total. The molecule has 0 bridgehead atoms. The van der Waals surface area contributed by atoms with E-state index in [9.17, 15) is 27.6 Å². The molecule has 1 atom stereocenters. The van der Waals surface area contributed by atoms with Crippen LogP contribution in [-0.4, -0.2) is 79.3 Å². The van der Waals surface area contributed by atoms with Gasteiger partial charge in [-0.15, -0.1) is 5.06 Å². The molecular formula is C26H28ClF3N4O5. The highest BCUT2D eigenvalue weighted by molar-refractivity contribution is 6.30. The van der Waals surface area contributed by atoms with Crippen LogP contribution in [-0.2, 0) is 19.2 Å². The summed E-state index contributed by atoms with van der Waals surface area (Å²) in [6.45, 7) is 3.90. The Kier molecular flexibility index (Phi) is 9.31. The van der Waals surface area contributed by atoms with Crippen molar-refractivity contribution in [3.05, 3.63) is 65.2 Å². The molecule has 0 radical (unpaired) electrons. The number of likely N-dealkylation sites (tertiary alicyclic amines) is 1. The molecule has 2 saturated heterocycles. The number of benzene rings is 2. The summed E-state index contributed by atoms with van der Waals surface area (Å²) in [6, 6.07) is 11.2. The Morgan fingerprint density at radius 3 is 2.18 bits per heavy atom. The quantitative estimate of drug-likeness (QED) is 0.550. The van der Waals surface area contributed by atoms with Gasteiger partial charge in [0.2, 0.25) is 5.91 Å². The van der Waals surface area contributed by atoms with Gasteiger partial charge in [-0.2, -0.15) is 13.2 Å². The fourth-order valence-corrected chi connectivity index (χ4v) is 4.74. The molecule has 3 amide bonds. The van der Waals surface area contributed by atoms with E-state index in [0.717, 1.165) is 25.9 Å². The standard InChI is InChI=1S/C26H28ClF3N4O5/c27-19-6-8-21(9-7-19)34(39-24(36)26(28,29)30)25(37)31-22(18-4-2-1-3-5-18)23(35)33-12-10-20(11-13-33)32-14-16-38-17-15-32/h1-9,20,22H,10-17H2,(H,31,37). The number of ether oxygens (including phenoxy) is 1. The zero-order valence-corrected chi connectivity index (χ0v) is 21.7. The monoisotopic (exact) mass is 568 g/mol. The Morgan fingerprint density at radius 2 is 1.59 bits per heavy atom. The number of amides is 3. The molecule has 2 heterocycles. The number of piperidine rings is 1. The lowest BCUT2D eigenvalue weighted by Crippen LogP contribution is -2.53. The van der Waals surface area contributed by atoms with Gasteiger partial charge in [0.05, 0.1) is 18.9 Å². The van der Waals surface area contributed by atoms with Crippen LogP contribution in [0.25, 0.3) is 0 Å². The van der Waals surface area contributed by atoms with Gasteiger partial charge in [0.25, 0.3) is 0 Å². The second kappa shape index (κ2) is 12.7. The van der Waals surface area contributed by atoms with E-state index in [1.165, 1.54) is 24.3 Å². The van der Waals surface area contributed by atoms with Crippen molar-refractivity contribution in [1.29, 1.82) is 0 Å². The second-order valence-electron chi connectivity index (χ2n) is 9.15. The normalized spacial score (nSPS) is 17.8. The molecule has 2 fully saturated rings. The molecule has 210 valence electrons. The first kappa shape index (κ1) is 28.7. The third-order valence-electron chi connectivity index (χ3n) is 6.64. The van der Waals surface area contributed by atoms with E-state index in [4.69, 9.17) is 16.3 Å². The number of alkyl halides is 3. The number of halogens is 4. The maximum atomic E-state index is 13.7. The first-order valence-corrected chi connectivity index (χ1v) is 12.8.